The maximum atomic E-state index is 12.9. The van der Waals surface area contributed by atoms with Gasteiger partial charge in [-0.2, -0.15) is 0 Å². The summed E-state index contributed by atoms with van der Waals surface area (Å²) >= 11 is 0. The Bertz CT molecular complexity index is 861. The monoisotopic (exact) mass is 349 g/mol. The number of hydrogen-bond donors (Lipinski definition) is 0. The van der Waals surface area contributed by atoms with E-state index >= 15 is 0 Å². The molecule has 0 saturated carbocycles. The smallest absolute Gasteiger partial charge is 0.340 e. The first-order chi connectivity index (χ1) is 11.3. The van der Waals surface area contributed by atoms with Gasteiger partial charge in [0.25, 0.3) is 10.0 Å². The summed E-state index contributed by atoms with van der Waals surface area (Å²) in [5.41, 5.74) is 1.13. The molecule has 2 rings (SSSR count). The third-order valence-corrected chi connectivity index (χ3v) is 5.44. The van der Waals surface area contributed by atoms with Gasteiger partial charge in [0.15, 0.2) is 0 Å². The van der Waals surface area contributed by atoms with Gasteiger partial charge in [-0.05, 0) is 42.8 Å². The van der Waals surface area contributed by atoms with Crippen molar-refractivity contribution in [1.29, 1.82) is 0 Å². The predicted octanol–water partition coefficient (Wildman–Crippen LogP) is 2.62. The van der Waals surface area contributed by atoms with Gasteiger partial charge in [-0.15, -0.1) is 0 Å². The molecule has 0 bridgehead atoms. The minimum atomic E-state index is -3.83. The van der Waals surface area contributed by atoms with Gasteiger partial charge in [-0.1, -0.05) is 12.1 Å². The van der Waals surface area contributed by atoms with Crippen LogP contribution in [-0.2, 0) is 14.8 Å². The molecule has 0 heterocycles. The average Bonchev–Trinajstić information content (AvgIpc) is 2.60. The minimum Gasteiger partial charge on any atom is -0.496 e. The van der Waals surface area contributed by atoms with E-state index in [1.54, 1.807) is 31.2 Å². The van der Waals surface area contributed by atoms with Gasteiger partial charge in [0.1, 0.15) is 5.75 Å². The first-order valence-corrected chi connectivity index (χ1v) is 8.58. The summed E-state index contributed by atoms with van der Waals surface area (Å²) < 4.78 is 36.7. The molecular formula is C17H19NO5S. The lowest BCUT2D eigenvalue weighted by atomic mass is 10.2. The van der Waals surface area contributed by atoms with Gasteiger partial charge in [0.2, 0.25) is 0 Å². The number of esters is 1. The molecule has 0 spiro atoms. The van der Waals surface area contributed by atoms with Crippen LogP contribution in [0.4, 0.5) is 5.69 Å². The van der Waals surface area contributed by atoms with Crippen LogP contribution in [0.15, 0.2) is 47.4 Å². The number of rotatable bonds is 5. The van der Waals surface area contributed by atoms with Crippen molar-refractivity contribution in [3.05, 3.63) is 53.6 Å². The summed E-state index contributed by atoms with van der Waals surface area (Å²) in [6.45, 7) is 1.76. The lowest BCUT2D eigenvalue weighted by Gasteiger charge is -2.22. The molecule has 2 aromatic carbocycles. The van der Waals surface area contributed by atoms with Crippen LogP contribution in [0.1, 0.15) is 15.9 Å². The van der Waals surface area contributed by atoms with Crippen molar-refractivity contribution in [3.63, 3.8) is 0 Å². The summed E-state index contributed by atoms with van der Waals surface area (Å²) in [6.07, 6.45) is 0. The maximum Gasteiger partial charge on any atom is 0.340 e. The predicted molar refractivity (Wildman–Crippen MR) is 91.1 cm³/mol. The number of para-hydroxylation sites is 1. The normalized spacial score (nSPS) is 11.0. The molecular weight excluding hydrogens is 330 g/mol. The molecule has 0 aliphatic carbocycles. The van der Waals surface area contributed by atoms with E-state index in [0.29, 0.717) is 11.3 Å². The molecule has 0 aliphatic rings. The molecule has 0 N–H and O–H groups in total. The van der Waals surface area contributed by atoms with E-state index in [0.717, 1.165) is 4.31 Å². The van der Waals surface area contributed by atoms with Gasteiger partial charge >= 0.3 is 5.97 Å². The SMILES string of the molecule is COC(=O)c1ccccc1N(C)S(=O)(=O)c1ccc(OC)c(C)c1. The van der Waals surface area contributed by atoms with Crippen LogP contribution in [-0.4, -0.2) is 35.7 Å². The largest absolute Gasteiger partial charge is 0.496 e. The van der Waals surface area contributed by atoms with Crippen LogP contribution < -0.4 is 9.04 Å². The topological polar surface area (TPSA) is 72.9 Å². The minimum absolute atomic E-state index is 0.114. The molecule has 24 heavy (non-hydrogen) atoms. The van der Waals surface area contributed by atoms with Crippen LogP contribution in [0.5, 0.6) is 5.75 Å². The molecule has 0 saturated heterocycles. The van der Waals surface area contributed by atoms with E-state index < -0.39 is 16.0 Å². The number of ether oxygens (including phenoxy) is 2. The number of carbonyl (C=O) groups is 1. The second-order valence-electron chi connectivity index (χ2n) is 5.11. The number of nitrogens with zero attached hydrogens (tertiary/aromatic N) is 1. The zero-order chi connectivity index (χ0) is 17.9. The molecule has 0 unspecified atom stereocenters. The Labute approximate surface area is 141 Å². The van der Waals surface area contributed by atoms with Crippen molar-refractivity contribution in [2.24, 2.45) is 0 Å². The molecule has 0 fully saturated rings. The van der Waals surface area contributed by atoms with Crippen molar-refractivity contribution >= 4 is 21.7 Å². The van der Waals surface area contributed by atoms with Gasteiger partial charge < -0.3 is 9.47 Å². The number of benzene rings is 2. The molecule has 0 aliphatic heterocycles. The quantitative estimate of drug-likeness (QED) is 0.776. The highest BCUT2D eigenvalue weighted by Gasteiger charge is 2.25. The van der Waals surface area contributed by atoms with Crippen LogP contribution in [0.25, 0.3) is 0 Å². The molecule has 6 nitrogen and oxygen atoms in total. The highest BCUT2D eigenvalue weighted by Crippen LogP contribution is 2.28. The van der Waals surface area contributed by atoms with E-state index in [1.807, 2.05) is 0 Å². The van der Waals surface area contributed by atoms with Crippen molar-refractivity contribution in [2.75, 3.05) is 25.6 Å². The number of sulfonamides is 1. The van der Waals surface area contributed by atoms with Crippen molar-refractivity contribution in [3.8, 4) is 5.75 Å². The lowest BCUT2D eigenvalue weighted by Crippen LogP contribution is -2.28. The Morgan fingerprint density at radius 2 is 1.75 bits per heavy atom. The van der Waals surface area contributed by atoms with E-state index in [1.165, 1.54) is 39.5 Å². The highest BCUT2D eigenvalue weighted by molar-refractivity contribution is 7.92. The van der Waals surface area contributed by atoms with Gasteiger partial charge in [-0.3, -0.25) is 4.31 Å². The van der Waals surface area contributed by atoms with Crippen LogP contribution in [0.2, 0.25) is 0 Å². The summed E-state index contributed by atoms with van der Waals surface area (Å²) in [7, 11) is 0.339. The van der Waals surface area contributed by atoms with Crippen molar-refractivity contribution < 1.29 is 22.7 Å². The molecule has 7 heteroatoms. The van der Waals surface area contributed by atoms with E-state index in [4.69, 9.17) is 9.47 Å². The standard InChI is InChI=1S/C17H19NO5S/c1-12-11-13(9-10-16(12)22-3)24(20,21)18(2)15-8-6-5-7-14(15)17(19)23-4/h5-11H,1-4H3. The average molecular weight is 349 g/mol. The van der Waals surface area contributed by atoms with E-state index in [-0.39, 0.29) is 16.1 Å². The summed E-state index contributed by atoms with van der Waals surface area (Å²) in [4.78, 5) is 12.0. The van der Waals surface area contributed by atoms with Crippen LogP contribution in [0.3, 0.4) is 0 Å². The maximum absolute atomic E-state index is 12.9. The summed E-state index contributed by atoms with van der Waals surface area (Å²) in [6, 6.07) is 11.0. The molecule has 0 atom stereocenters. The number of anilines is 1. The zero-order valence-corrected chi connectivity index (χ0v) is 14.8. The molecule has 128 valence electrons. The number of carbonyl (C=O) groups excluding carboxylic acids is 1. The first-order valence-electron chi connectivity index (χ1n) is 7.14. The fourth-order valence-corrected chi connectivity index (χ4v) is 3.63. The fraction of sp³-hybridized carbons (Fsp3) is 0.235. The van der Waals surface area contributed by atoms with E-state index in [9.17, 15) is 13.2 Å². The van der Waals surface area contributed by atoms with Gasteiger partial charge in [0, 0.05) is 7.05 Å². The number of aryl methyl sites for hydroxylation is 1. The molecule has 0 amide bonds. The number of methoxy groups -OCH3 is 2. The zero-order valence-electron chi connectivity index (χ0n) is 13.9. The Kier molecular flexibility index (Phi) is 5.14. The van der Waals surface area contributed by atoms with Gasteiger partial charge in [0.05, 0.1) is 30.4 Å². The Morgan fingerprint density at radius 1 is 1.08 bits per heavy atom. The Balaban J connectivity index is 2.51. The fourth-order valence-electron chi connectivity index (χ4n) is 2.33. The van der Waals surface area contributed by atoms with Crippen molar-refractivity contribution in [2.45, 2.75) is 11.8 Å². The van der Waals surface area contributed by atoms with Gasteiger partial charge in [-0.25, -0.2) is 13.2 Å². The first kappa shape index (κ1) is 17.8. The summed E-state index contributed by atoms with van der Waals surface area (Å²) in [5.74, 6) is 0.00475. The third-order valence-electron chi connectivity index (χ3n) is 3.67. The highest BCUT2D eigenvalue weighted by atomic mass is 32.2. The summed E-state index contributed by atoms with van der Waals surface area (Å²) in [5, 5.41) is 0. The van der Waals surface area contributed by atoms with Crippen molar-refractivity contribution in [1.82, 2.24) is 0 Å². The number of hydrogen-bond acceptors (Lipinski definition) is 5. The second kappa shape index (κ2) is 6.92. The van der Waals surface area contributed by atoms with Crippen LogP contribution >= 0.6 is 0 Å². The Morgan fingerprint density at radius 3 is 2.33 bits per heavy atom. The lowest BCUT2D eigenvalue weighted by molar-refractivity contribution is 0.0601. The molecule has 0 radical (unpaired) electrons. The third kappa shape index (κ3) is 3.21. The molecule has 0 aromatic heterocycles. The van der Waals surface area contributed by atoms with E-state index in [2.05, 4.69) is 0 Å². The molecule has 2 aromatic rings. The Hall–Kier alpha value is -2.54. The van der Waals surface area contributed by atoms with Crippen LogP contribution in [0, 0.1) is 6.92 Å². The second-order valence-corrected chi connectivity index (χ2v) is 7.08.